The molecule has 0 heterocycles. The molecule has 172 valence electrons. The minimum absolute atomic E-state index is 0.0218. The van der Waals surface area contributed by atoms with Crippen LogP contribution in [0.4, 0.5) is 11.4 Å². The van der Waals surface area contributed by atoms with Crippen molar-refractivity contribution in [3.8, 4) is 5.75 Å². The first-order chi connectivity index (χ1) is 14.7. The lowest BCUT2D eigenvalue weighted by Crippen LogP contribution is -2.29. The molecule has 0 amide bonds. The summed E-state index contributed by atoms with van der Waals surface area (Å²) in [4.78, 5) is 40.1. The molecule has 0 spiro atoms. The number of allylic oxidation sites excluding steroid dienone is 4. The monoisotopic (exact) mass is 442 g/mol. The number of hydrogen-bond donors (Lipinski definition) is 0. The normalized spacial score (nSPS) is 14.5. The summed E-state index contributed by atoms with van der Waals surface area (Å²) >= 11 is 0. The maximum absolute atomic E-state index is 13.1. The summed E-state index contributed by atoms with van der Waals surface area (Å²) in [5.41, 5.74) is 1.08. The zero-order valence-corrected chi connectivity index (χ0v) is 19.6. The van der Waals surface area contributed by atoms with Gasteiger partial charge in [0.2, 0.25) is 0 Å². The van der Waals surface area contributed by atoms with Crippen molar-refractivity contribution in [1.82, 2.24) is 0 Å². The summed E-state index contributed by atoms with van der Waals surface area (Å²) in [7, 11) is 0. The quantitative estimate of drug-likeness (QED) is 0.261. The number of aliphatic imine (C=N–C) groups is 1. The van der Waals surface area contributed by atoms with Gasteiger partial charge in [0.25, 0.3) is 5.69 Å². The third-order valence-electron chi connectivity index (χ3n) is 4.74. The molecule has 1 aliphatic rings. The van der Waals surface area contributed by atoms with Gasteiger partial charge >= 0.3 is 5.97 Å². The molecule has 0 radical (unpaired) electrons. The number of rotatable bonds is 6. The number of non-ortho nitro benzene ring substituents is 1. The van der Waals surface area contributed by atoms with Gasteiger partial charge in [-0.3, -0.25) is 14.9 Å². The number of nitrogens with zero attached hydrogens (tertiary/aromatic N) is 2. The van der Waals surface area contributed by atoms with Crippen molar-refractivity contribution >= 4 is 28.8 Å². The van der Waals surface area contributed by atoms with Crippen molar-refractivity contribution in [2.75, 3.05) is 13.2 Å². The zero-order chi connectivity index (χ0) is 24.3. The number of nitro benzene ring substituents is 1. The number of carbonyl (C=O) groups is 2. The van der Waals surface area contributed by atoms with E-state index in [1.807, 2.05) is 41.5 Å². The number of ether oxygens (including phenoxy) is 2. The van der Waals surface area contributed by atoms with Crippen LogP contribution < -0.4 is 4.74 Å². The third-order valence-corrected chi connectivity index (χ3v) is 4.74. The highest BCUT2D eigenvalue weighted by molar-refractivity contribution is 6.23. The molecule has 1 aromatic carbocycles. The van der Waals surface area contributed by atoms with Crippen LogP contribution in [0.15, 0.2) is 46.5 Å². The van der Waals surface area contributed by atoms with Crippen LogP contribution >= 0.6 is 0 Å². The zero-order valence-electron chi connectivity index (χ0n) is 19.6. The number of Topliss-reactive ketones (excluding diaryl/α,β-unsaturated/α-hetero) is 1. The molecule has 1 aliphatic carbocycles. The molecule has 32 heavy (non-hydrogen) atoms. The Kier molecular flexibility index (Phi) is 7.38. The van der Waals surface area contributed by atoms with Crippen LogP contribution in [0, 0.1) is 20.9 Å². The van der Waals surface area contributed by atoms with E-state index in [2.05, 4.69) is 4.99 Å². The van der Waals surface area contributed by atoms with E-state index in [4.69, 9.17) is 9.47 Å². The highest BCUT2D eigenvalue weighted by Gasteiger charge is 2.34. The van der Waals surface area contributed by atoms with E-state index < -0.39 is 28.3 Å². The van der Waals surface area contributed by atoms with Gasteiger partial charge in [0, 0.05) is 17.2 Å². The summed E-state index contributed by atoms with van der Waals surface area (Å²) in [5.74, 6) is -0.537. The van der Waals surface area contributed by atoms with Gasteiger partial charge in [-0.2, -0.15) is 0 Å². The van der Waals surface area contributed by atoms with Gasteiger partial charge in [0.05, 0.1) is 23.3 Å². The van der Waals surface area contributed by atoms with E-state index in [9.17, 15) is 19.7 Å². The standard InChI is InChI=1S/C24H30N2O6/c1-8-31-21(27)14-32-20-13-16(26(29)30)9-10-19(20)25-15-11-17(23(2,3)4)22(28)18(12-15)24(5,6)7/h9-13H,8,14H2,1-7H3. The van der Waals surface area contributed by atoms with Crippen molar-refractivity contribution < 1.29 is 24.0 Å². The fourth-order valence-electron chi connectivity index (χ4n) is 3.10. The lowest BCUT2D eigenvalue weighted by atomic mass is 9.72. The lowest BCUT2D eigenvalue weighted by molar-refractivity contribution is -0.384. The number of carbonyl (C=O) groups excluding carboxylic acids is 2. The average molecular weight is 443 g/mol. The van der Waals surface area contributed by atoms with Gasteiger partial charge in [0.15, 0.2) is 18.1 Å². The Labute approximate surface area is 188 Å². The topological polar surface area (TPSA) is 108 Å². The average Bonchev–Trinajstić information content (AvgIpc) is 2.66. The molecular formula is C24H30N2O6. The summed E-state index contributed by atoms with van der Waals surface area (Å²) in [6.45, 7) is 13.2. The lowest BCUT2D eigenvalue weighted by Gasteiger charge is -2.31. The Morgan fingerprint density at radius 1 is 1.06 bits per heavy atom. The molecule has 0 fully saturated rings. The summed E-state index contributed by atoms with van der Waals surface area (Å²) in [6.07, 6.45) is 3.46. The first kappa shape index (κ1) is 25.0. The molecule has 0 saturated heterocycles. The first-order valence-electron chi connectivity index (χ1n) is 10.4. The van der Waals surface area contributed by atoms with Crippen molar-refractivity contribution in [2.45, 2.75) is 48.5 Å². The molecule has 0 unspecified atom stereocenters. The molecule has 8 heteroatoms. The molecular weight excluding hydrogens is 412 g/mol. The largest absolute Gasteiger partial charge is 0.479 e. The number of hydrogen-bond acceptors (Lipinski definition) is 7. The van der Waals surface area contributed by atoms with Crippen LogP contribution in [-0.2, 0) is 14.3 Å². The molecule has 0 aliphatic heterocycles. The van der Waals surface area contributed by atoms with E-state index in [0.29, 0.717) is 22.5 Å². The molecule has 0 bridgehead atoms. The van der Waals surface area contributed by atoms with Gasteiger partial charge < -0.3 is 9.47 Å². The molecule has 2 rings (SSSR count). The van der Waals surface area contributed by atoms with E-state index >= 15 is 0 Å². The highest BCUT2D eigenvalue weighted by Crippen LogP contribution is 2.38. The maximum Gasteiger partial charge on any atom is 0.344 e. The molecule has 8 nitrogen and oxygen atoms in total. The minimum Gasteiger partial charge on any atom is -0.479 e. The van der Waals surface area contributed by atoms with Crippen LogP contribution in [0.25, 0.3) is 0 Å². The van der Waals surface area contributed by atoms with Crippen LogP contribution in [0.2, 0.25) is 0 Å². The van der Waals surface area contributed by atoms with Gasteiger partial charge in [-0.05, 0) is 36.0 Å². The maximum atomic E-state index is 13.1. The van der Waals surface area contributed by atoms with Crippen molar-refractivity contribution in [3.05, 3.63) is 51.6 Å². The molecule has 0 aromatic heterocycles. The van der Waals surface area contributed by atoms with Crippen molar-refractivity contribution in [1.29, 1.82) is 0 Å². The number of esters is 1. The smallest absolute Gasteiger partial charge is 0.344 e. The molecule has 0 N–H and O–H groups in total. The number of benzene rings is 1. The Bertz CT molecular complexity index is 984. The van der Waals surface area contributed by atoms with Crippen LogP contribution in [0.5, 0.6) is 5.75 Å². The van der Waals surface area contributed by atoms with Crippen LogP contribution in [0.3, 0.4) is 0 Å². The minimum atomic E-state index is -0.592. The number of ketones is 1. The summed E-state index contributed by atoms with van der Waals surface area (Å²) < 4.78 is 10.4. The van der Waals surface area contributed by atoms with Gasteiger partial charge in [-0.1, -0.05) is 41.5 Å². The molecule has 0 saturated carbocycles. The Hall–Kier alpha value is -3.29. The van der Waals surface area contributed by atoms with Crippen molar-refractivity contribution in [3.63, 3.8) is 0 Å². The Balaban J connectivity index is 2.59. The fourth-order valence-corrected chi connectivity index (χ4v) is 3.10. The molecule has 1 aromatic rings. The second kappa shape index (κ2) is 9.46. The van der Waals surface area contributed by atoms with Crippen LogP contribution in [-0.4, -0.2) is 35.6 Å². The van der Waals surface area contributed by atoms with Crippen molar-refractivity contribution in [2.24, 2.45) is 15.8 Å². The third kappa shape index (κ3) is 6.12. The number of nitro groups is 1. The van der Waals surface area contributed by atoms with E-state index in [-0.39, 0.29) is 23.8 Å². The van der Waals surface area contributed by atoms with E-state index in [1.165, 1.54) is 18.2 Å². The van der Waals surface area contributed by atoms with Crippen LogP contribution in [0.1, 0.15) is 48.5 Å². The predicted molar refractivity (Wildman–Crippen MR) is 122 cm³/mol. The van der Waals surface area contributed by atoms with Gasteiger partial charge in [-0.25, -0.2) is 9.79 Å². The second-order valence-electron chi connectivity index (χ2n) is 9.48. The van der Waals surface area contributed by atoms with Gasteiger partial charge in [0.1, 0.15) is 5.69 Å². The summed E-state index contributed by atoms with van der Waals surface area (Å²) in [6, 6.07) is 3.99. The van der Waals surface area contributed by atoms with E-state index in [1.54, 1.807) is 19.1 Å². The second-order valence-corrected chi connectivity index (χ2v) is 9.48. The first-order valence-corrected chi connectivity index (χ1v) is 10.4. The SMILES string of the molecule is CCOC(=O)COc1cc([N+](=O)[O-])ccc1N=C1C=C(C(C)(C)C)C(=O)C(C(C)(C)C)=C1. The Morgan fingerprint density at radius 2 is 1.62 bits per heavy atom. The predicted octanol–water partition coefficient (Wildman–Crippen LogP) is 5.14. The fraction of sp³-hybridized carbons (Fsp3) is 0.458. The summed E-state index contributed by atoms with van der Waals surface area (Å²) in [5, 5.41) is 11.2. The van der Waals surface area contributed by atoms with Gasteiger partial charge in [-0.15, -0.1) is 0 Å². The highest BCUT2D eigenvalue weighted by atomic mass is 16.6. The Morgan fingerprint density at radius 3 is 2.09 bits per heavy atom. The molecule has 0 atom stereocenters. The van der Waals surface area contributed by atoms with E-state index in [0.717, 1.165) is 0 Å².